The lowest BCUT2D eigenvalue weighted by Gasteiger charge is -2.35. The van der Waals surface area contributed by atoms with Crippen LogP contribution in [0.25, 0.3) is 22.3 Å². The fourth-order valence-corrected chi connectivity index (χ4v) is 3.53. The normalized spacial score (nSPS) is 17.8. The van der Waals surface area contributed by atoms with E-state index < -0.39 is 0 Å². The molecule has 0 saturated carbocycles. The van der Waals surface area contributed by atoms with Gasteiger partial charge in [0.1, 0.15) is 5.69 Å². The molecule has 0 radical (unpaired) electrons. The first kappa shape index (κ1) is 17.7. The molecule has 27 heavy (non-hydrogen) atoms. The van der Waals surface area contributed by atoms with Gasteiger partial charge in [-0.05, 0) is 12.0 Å². The lowest BCUT2D eigenvalue weighted by molar-refractivity contribution is 0.0108. The minimum absolute atomic E-state index is 0.121. The molecule has 3 aromatic rings. The number of anilines is 1. The molecule has 1 saturated heterocycles. The van der Waals surface area contributed by atoms with Crippen LogP contribution in [0.2, 0.25) is 0 Å². The number of aromatic nitrogens is 5. The third-order valence-electron chi connectivity index (χ3n) is 5.14. The van der Waals surface area contributed by atoms with E-state index in [0.29, 0.717) is 29.4 Å². The number of rotatable bonds is 3. The average Bonchev–Trinajstić information content (AvgIpc) is 3.06. The Morgan fingerprint density at radius 1 is 1.15 bits per heavy atom. The Kier molecular flexibility index (Phi) is 4.43. The SMILES string of the molecule is CC(C)C1CN(c2nnc(-c3nn(C)c(=O)c4ccccc34)n2C)CCO1. The quantitative estimate of drug-likeness (QED) is 0.699. The third-order valence-corrected chi connectivity index (χ3v) is 5.14. The zero-order valence-electron chi connectivity index (χ0n) is 16.1. The molecular formula is C19H24N6O2. The van der Waals surface area contributed by atoms with Crippen LogP contribution in [0.4, 0.5) is 5.95 Å². The number of hydrogen-bond donors (Lipinski definition) is 0. The first-order chi connectivity index (χ1) is 13.0. The van der Waals surface area contributed by atoms with E-state index >= 15 is 0 Å². The molecule has 1 aromatic carbocycles. The zero-order chi connectivity index (χ0) is 19.1. The van der Waals surface area contributed by atoms with Gasteiger partial charge in [-0.2, -0.15) is 5.10 Å². The maximum Gasteiger partial charge on any atom is 0.274 e. The van der Waals surface area contributed by atoms with E-state index in [0.717, 1.165) is 24.4 Å². The number of benzene rings is 1. The monoisotopic (exact) mass is 368 g/mol. The lowest BCUT2D eigenvalue weighted by Crippen LogP contribution is -2.45. The first-order valence-corrected chi connectivity index (χ1v) is 9.19. The van der Waals surface area contributed by atoms with Gasteiger partial charge in [0.05, 0.1) is 18.1 Å². The molecule has 1 fully saturated rings. The van der Waals surface area contributed by atoms with Crippen LogP contribution >= 0.6 is 0 Å². The van der Waals surface area contributed by atoms with Gasteiger partial charge in [0.25, 0.3) is 5.56 Å². The predicted octanol–water partition coefficient (Wildman–Crippen LogP) is 1.59. The van der Waals surface area contributed by atoms with Crippen LogP contribution in [-0.2, 0) is 18.8 Å². The Morgan fingerprint density at radius 3 is 2.63 bits per heavy atom. The molecule has 142 valence electrons. The summed E-state index contributed by atoms with van der Waals surface area (Å²) in [7, 11) is 3.59. The predicted molar refractivity (Wildman–Crippen MR) is 104 cm³/mol. The van der Waals surface area contributed by atoms with Gasteiger partial charge in [-0.1, -0.05) is 32.0 Å². The van der Waals surface area contributed by atoms with Gasteiger partial charge in [0.2, 0.25) is 5.95 Å². The fraction of sp³-hybridized carbons (Fsp3) is 0.474. The van der Waals surface area contributed by atoms with Gasteiger partial charge in [-0.3, -0.25) is 9.36 Å². The highest BCUT2D eigenvalue weighted by atomic mass is 16.5. The highest BCUT2D eigenvalue weighted by molar-refractivity contribution is 5.92. The van der Waals surface area contributed by atoms with Crippen molar-refractivity contribution in [1.29, 1.82) is 0 Å². The van der Waals surface area contributed by atoms with Crippen molar-refractivity contribution in [1.82, 2.24) is 24.5 Å². The molecule has 1 aliphatic heterocycles. The Hall–Kier alpha value is -2.74. The molecule has 2 aromatic heterocycles. The minimum atomic E-state index is -0.121. The second-order valence-electron chi connectivity index (χ2n) is 7.30. The summed E-state index contributed by atoms with van der Waals surface area (Å²) >= 11 is 0. The minimum Gasteiger partial charge on any atom is -0.374 e. The van der Waals surface area contributed by atoms with Crippen LogP contribution in [0.5, 0.6) is 0 Å². The van der Waals surface area contributed by atoms with Crippen molar-refractivity contribution >= 4 is 16.7 Å². The van der Waals surface area contributed by atoms with Gasteiger partial charge in [0, 0.05) is 32.6 Å². The van der Waals surface area contributed by atoms with E-state index in [1.165, 1.54) is 4.68 Å². The molecule has 8 nitrogen and oxygen atoms in total. The number of fused-ring (bicyclic) bond motifs is 1. The molecule has 0 spiro atoms. The van der Waals surface area contributed by atoms with Crippen LogP contribution in [0.1, 0.15) is 13.8 Å². The highest BCUT2D eigenvalue weighted by Gasteiger charge is 2.27. The summed E-state index contributed by atoms with van der Waals surface area (Å²) in [5, 5.41) is 14.7. The Balaban J connectivity index is 1.79. The Bertz CT molecular complexity index is 1040. The van der Waals surface area contributed by atoms with Gasteiger partial charge in [-0.25, -0.2) is 4.68 Å². The molecule has 0 N–H and O–H groups in total. The topological polar surface area (TPSA) is 78.1 Å². The number of hydrogen-bond acceptors (Lipinski definition) is 6. The first-order valence-electron chi connectivity index (χ1n) is 9.19. The standard InChI is InChI=1S/C19H24N6O2/c1-12(2)15-11-25(9-10-27-15)19-21-20-17(23(19)3)16-13-7-5-6-8-14(13)18(26)24(4)22-16/h5-8,12,15H,9-11H2,1-4H3. The molecule has 8 heteroatoms. The number of morpholine rings is 1. The van der Waals surface area contributed by atoms with Crippen LogP contribution in [-0.4, -0.2) is 50.3 Å². The van der Waals surface area contributed by atoms with Crippen LogP contribution in [0, 0.1) is 5.92 Å². The van der Waals surface area contributed by atoms with Crippen LogP contribution in [0.15, 0.2) is 29.1 Å². The van der Waals surface area contributed by atoms with Gasteiger partial charge in [0.15, 0.2) is 5.82 Å². The Morgan fingerprint density at radius 2 is 1.89 bits per heavy atom. The van der Waals surface area contributed by atoms with E-state index in [1.807, 2.05) is 35.9 Å². The van der Waals surface area contributed by atoms with Gasteiger partial charge >= 0.3 is 0 Å². The summed E-state index contributed by atoms with van der Waals surface area (Å²) in [6, 6.07) is 7.47. The van der Waals surface area contributed by atoms with E-state index in [-0.39, 0.29) is 11.7 Å². The average molecular weight is 368 g/mol. The number of aryl methyl sites for hydroxylation is 1. The summed E-state index contributed by atoms with van der Waals surface area (Å²) < 4.78 is 9.16. The summed E-state index contributed by atoms with van der Waals surface area (Å²) in [5.41, 5.74) is 0.535. The molecular weight excluding hydrogens is 344 g/mol. The maximum atomic E-state index is 12.4. The number of nitrogens with zero attached hydrogens (tertiary/aromatic N) is 6. The van der Waals surface area contributed by atoms with Crippen molar-refractivity contribution in [3.63, 3.8) is 0 Å². The van der Waals surface area contributed by atoms with Crippen LogP contribution in [0.3, 0.4) is 0 Å². The van der Waals surface area contributed by atoms with E-state index in [4.69, 9.17) is 4.74 Å². The summed E-state index contributed by atoms with van der Waals surface area (Å²) in [5.74, 6) is 1.87. The molecule has 1 unspecified atom stereocenters. The molecule has 0 amide bonds. The van der Waals surface area contributed by atoms with Crippen molar-refractivity contribution < 1.29 is 4.74 Å². The molecule has 0 bridgehead atoms. The molecule has 3 heterocycles. The summed E-state index contributed by atoms with van der Waals surface area (Å²) in [6.45, 7) is 6.56. The molecule has 1 atom stereocenters. The van der Waals surface area contributed by atoms with Gasteiger partial charge in [-0.15, -0.1) is 10.2 Å². The lowest BCUT2D eigenvalue weighted by atomic mass is 10.1. The van der Waals surface area contributed by atoms with Crippen molar-refractivity contribution in [3.05, 3.63) is 34.6 Å². The second-order valence-corrected chi connectivity index (χ2v) is 7.30. The largest absolute Gasteiger partial charge is 0.374 e. The zero-order valence-corrected chi connectivity index (χ0v) is 16.1. The summed E-state index contributed by atoms with van der Waals surface area (Å²) in [6.07, 6.45) is 0.176. The van der Waals surface area contributed by atoms with Crippen molar-refractivity contribution in [2.45, 2.75) is 20.0 Å². The van der Waals surface area contributed by atoms with E-state index in [2.05, 4.69) is 34.0 Å². The van der Waals surface area contributed by atoms with E-state index in [9.17, 15) is 4.79 Å². The van der Waals surface area contributed by atoms with E-state index in [1.54, 1.807) is 7.05 Å². The van der Waals surface area contributed by atoms with Crippen molar-refractivity contribution in [3.8, 4) is 11.5 Å². The molecule has 4 rings (SSSR count). The third kappa shape index (κ3) is 2.99. The Labute approximate surface area is 157 Å². The molecule has 1 aliphatic rings. The van der Waals surface area contributed by atoms with Gasteiger partial charge < -0.3 is 9.64 Å². The van der Waals surface area contributed by atoms with Crippen molar-refractivity contribution in [2.75, 3.05) is 24.6 Å². The molecule has 0 aliphatic carbocycles. The fourth-order valence-electron chi connectivity index (χ4n) is 3.53. The smallest absolute Gasteiger partial charge is 0.274 e. The number of ether oxygens (including phenoxy) is 1. The summed E-state index contributed by atoms with van der Waals surface area (Å²) in [4.78, 5) is 14.6. The van der Waals surface area contributed by atoms with Crippen LogP contribution < -0.4 is 10.5 Å². The highest BCUT2D eigenvalue weighted by Crippen LogP contribution is 2.26. The second kappa shape index (κ2) is 6.77. The van der Waals surface area contributed by atoms with Crippen molar-refractivity contribution in [2.24, 2.45) is 20.0 Å². The maximum absolute atomic E-state index is 12.4.